The lowest BCUT2D eigenvalue weighted by molar-refractivity contribution is 0.0916. The van der Waals surface area contributed by atoms with Crippen LogP contribution in [0.25, 0.3) is 22.2 Å². The fourth-order valence-corrected chi connectivity index (χ4v) is 3.57. The van der Waals surface area contributed by atoms with Gasteiger partial charge in [0.25, 0.3) is 5.91 Å². The third kappa shape index (κ3) is 4.20. The largest absolute Gasteiger partial charge is 0.394 e. The number of rotatable bonds is 7. The second kappa shape index (κ2) is 8.69. The van der Waals surface area contributed by atoms with E-state index in [-0.39, 0.29) is 30.9 Å². The maximum absolute atomic E-state index is 14.9. The molecule has 4 aromatic rings. The van der Waals surface area contributed by atoms with Gasteiger partial charge in [0.2, 0.25) is 0 Å². The van der Waals surface area contributed by atoms with Crippen molar-refractivity contribution in [3.8, 4) is 11.1 Å². The van der Waals surface area contributed by atoms with E-state index in [0.717, 1.165) is 16.6 Å². The number of nitrogens with one attached hydrogen (secondary N) is 1. The number of pyridine rings is 1. The first-order valence-electron chi connectivity index (χ1n) is 10.1. The summed E-state index contributed by atoms with van der Waals surface area (Å²) in [6.45, 7) is 2.01. The van der Waals surface area contributed by atoms with Gasteiger partial charge in [-0.3, -0.25) is 14.5 Å². The van der Waals surface area contributed by atoms with Crippen LogP contribution < -0.4 is 5.32 Å². The van der Waals surface area contributed by atoms with Gasteiger partial charge in [-0.2, -0.15) is 5.10 Å². The number of aryl methyl sites for hydroxylation is 1. The second-order valence-electron chi connectivity index (χ2n) is 7.51. The monoisotopic (exact) mass is 421 g/mol. The summed E-state index contributed by atoms with van der Waals surface area (Å²) in [5, 5.41) is 16.3. The standard InChI is InChI=1S/C23H24FN5O2/c1-3-18(14-30)27-23(31)19-13-29(21-5-4-8-25-22(19)21)12-16-7-6-15(9-20(16)24)17-10-26-28(2)11-17/h4-11,13,18,30H,3,12,14H2,1-2H3,(H,27,31)/t18-/m0/s1. The maximum Gasteiger partial charge on any atom is 0.255 e. The van der Waals surface area contributed by atoms with Crippen LogP contribution in [0.4, 0.5) is 4.39 Å². The molecule has 7 nitrogen and oxygen atoms in total. The number of halogens is 1. The van der Waals surface area contributed by atoms with Crippen LogP contribution in [0.5, 0.6) is 0 Å². The fraction of sp³-hybridized carbons (Fsp3) is 0.261. The lowest BCUT2D eigenvalue weighted by Crippen LogP contribution is -2.36. The molecule has 8 heteroatoms. The quantitative estimate of drug-likeness (QED) is 0.480. The predicted molar refractivity (Wildman–Crippen MR) is 116 cm³/mol. The number of benzene rings is 1. The molecule has 0 spiro atoms. The molecule has 0 saturated carbocycles. The van der Waals surface area contributed by atoms with Gasteiger partial charge in [-0.05, 0) is 30.2 Å². The Bertz CT molecular complexity index is 1230. The van der Waals surface area contributed by atoms with Gasteiger partial charge in [0.1, 0.15) is 11.3 Å². The van der Waals surface area contributed by atoms with Gasteiger partial charge in [-0.25, -0.2) is 4.39 Å². The van der Waals surface area contributed by atoms with Crippen molar-refractivity contribution in [1.29, 1.82) is 0 Å². The third-order valence-corrected chi connectivity index (χ3v) is 5.36. The zero-order valence-electron chi connectivity index (χ0n) is 17.4. The molecule has 0 aliphatic rings. The van der Waals surface area contributed by atoms with Crippen molar-refractivity contribution in [2.75, 3.05) is 6.61 Å². The Hall–Kier alpha value is -3.52. The molecule has 1 atom stereocenters. The zero-order valence-corrected chi connectivity index (χ0v) is 17.4. The molecule has 2 N–H and O–H groups in total. The highest BCUT2D eigenvalue weighted by Gasteiger charge is 2.19. The van der Waals surface area contributed by atoms with Crippen LogP contribution in [-0.2, 0) is 13.6 Å². The highest BCUT2D eigenvalue weighted by molar-refractivity contribution is 6.05. The zero-order chi connectivity index (χ0) is 22.0. The van der Waals surface area contributed by atoms with Gasteiger partial charge >= 0.3 is 0 Å². The van der Waals surface area contributed by atoms with Crippen molar-refractivity contribution in [1.82, 2.24) is 24.6 Å². The van der Waals surface area contributed by atoms with E-state index < -0.39 is 0 Å². The maximum atomic E-state index is 14.9. The van der Waals surface area contributed by atoms with Crippen molar-refractivity contribution >= 4 is 16.9 Å². The lowest BCUT2D eigenvalue weighted by atomic mass is 10.1. The molecule has 0 aliphatic carbocycles. The van der Waals surface area contributed by atoms with Crippen LogP contribution in [0.3, 0.4) is 0 Å². The smallest absolute Gasteiger partial charge is 0.255 e. The summed E-state index contributed by atoms with van der Waals surface area (Å²) in [4.78, 5) is 17.1. The first-order chi connectivity index (χ1) is 15.0. The summed E-state index contributed by atoms with van der Waals surface area (Å²) in [5.74, 6) is -0.639. The molecule has 3 aromatic heterocycles. The van der Waals surface area contributed by atoms with Gasteiger partial charge in [0, 0.05) is 36.8 Å². The van der Waals surface area contributed by atoms with E-state index in [1.165, 1.54) is 6.07 Å². The molecule has 0 unspecified atom stereocenters. The number of carbonyl (C=O) groups is 1. The van der Waals surface area contributed by atoms with E-state index in [1.807, 2.05) is 36.9 Å². The SMILES string of the molecule is CC[C@@H](CO)NC(=O)c1cn(Cc2ccc(-c3cnn(C)c3)cc2F)c2cccnc12. The topological polar surface area (TPSA) is 85.0 Å². The highest BCUT2D eigenvalue weighted by Crippen LogP contribution is 2.24. The van der Waals surface area contributed by atoms with Crippen molar-refractivity contribution in [2.45, 2.75) is 25.9 Å². The van der Waals surface area contributed by atoms with Crippen LogP contribution in [0.1, 0.15) is 29.3 Å². The van der Waals surface area contributed by atoms with Gasteiger partial charge in [0.05, 0.1) is 36.5 Å². The number of hydrogen-bond acceptors (Lipinski definition) is 4. The van der Waals surface area contributed by atoms with Crippen LogP contribution >= 0.6 is 0 Å². The minimum Gasteiger partial charge on any atom is -0.394 e. The minimum absolute atomic E-state index is 0.136. The average Bonchev–Trinajstić information content (AvgIpc) is 3.37. The molecule has 3 heterocycles. The molecular formula is C23H24FN5O2. The average molecular weight is 421 g/mol. The molecular weight excluding hydrogens is 397 g/mol. The summed E-state index contributed by atoms with van der Waals surface area (Å²) in [7, 11) is 1.82. The van der Waals surface area contributed by atoms with E-state index in [4.69, 9.17) is 0 Å². The van der Waals surface area contributed by atoms with Crippen molar-refractivity contribution in [3.63, 3.8) is 0 Å². The van der Waals surface area contributed by atoms with E-state index >= 15 is 0 Å². The van der Waals surface area contributed by atoms with E-state index in [0.29, 0.717) is 23.1 Å². The van der Waals surface area contributed by atoms with E-state index in [2.05, 4.69) is 15.4 Å². The summed E-state index contributed by atoms with van der Waals surface area (Å²) < 4.78 is 18.4. The van der Waals surface area contributed by atoms with E-state index in [1.54, 1.807) is 35.4 Å². The highest BCUT2D eigenvalue weighted by atomic mass is 19.1. The molecule has 31 heavy (non-hydrogen) atoms. The number of aliphatic hydroxyl groups excluding tert-OH is 1. The molecule has 0 fully saturated rings. The first-order valence-corrected chi connectivity index (χ1v) is 10.1. The fourth-order valence-electron chi connectivity index (χ4n) is 3.57. The van der Waals surface area contributed by atoms with Gasteiger partial charge in [-0.15, -0.1) is 0 Å². The minimum atomic E-state index is -0.329. The Kier molecular flexibility index (Phi) is 5.81. The molecule has 0 aliphatic heterocycles. The molecule has 0 radical (unpaired) electrons. The van der Waals surface area contributed by atoms with Gasteiger partial charge in [0.15, 0.2) is 0 Å². The number of aromatic nitrogens is 4. The van der Waals surface area contributed by atoms with Crippen molar-refractivity contribution in [3.05, 3.63) is 72.1 Å². The van der Waals surface area contributed by atoms with Gasteiger partial charge < -0.3 is 15.0 Å². The molecule has 4 rings (SSSR count). The van der Waals surface area contributed by atoms with Crippen molar-refractivity contribution < 1.29 is 14.3 Å². The Balaban J connectivity index is 1.65. The molecule has 1 amide bonds. The predicted octanol–water partition coefficient (Wildman–Crippen LogP) is 3.12. The van der Waals surface area contributed by atoms with E-state index in [9.17, 15) is 14.3 Å². The number of aliphatic hydroxyl groups is 1. The summed E-state index contributed by atoms with van der Waals surface area (Å²) in [6.07, 6.45) is 7.45. The van der Waals surface area contributed by atoms with Gasteiger partial charge in [-0.1, -0.05) is 19.1 Å². The number of amides is 1. The summed E-state index contributed by atoms with van der Waals surface area (Å²) in [6, 6.07) is 8.41. The van der Waals surface area contributed by atoms with Crippen LogP contribution in [0.15, 0.2) is 55.1 Å². The Morgan fingerprint density at radius 1 is 1.26 bits per heavy atom. The van der Waals surface area contributed by atoms with Crippen molar-refractivity contribution in [2.24, 2.45) is 7.05 Å². The number of nitrogens with zero attached hydrogens (tertiary/aromatic N) is 4. The number of hydrogen-bond donors (Lipinski definition) is 2. The Morgan fingerprint density at radius 2 is 2.10 bits per heavy atom. The third-order valence-electron chi connectivity index (χ3n) is 5.36. The summed E-state index contributed by atoms with van der Waals surface area (Å²) >= 11 is 0. The normalized spacial score (nSPS) is 12.3. The molecule has 0 bridgehead atoms. The number of carbonyl (C=O) groups excluding carboxylic acids is 1. The number of fused-ring (bicyclic) bond motifs is 1. The Labute approximate surface area is 179 Å². The molecule has 1 aromatic carbocycles. The lowest BCUT2D eigenvalue weighted by Gasteiger charge is -2.13. The second-order valence-corrected chi connectivity index (χ2v) is 7.51. The first kappa shape index (κ1) is 20.7. The molecule has 160 valence electrons. The Morgan fingerprint density at radius 3 is 2.77 bits per heavy atom. The molecule has 0 saturated heterocycles. The van der Waals surface area contributed by atoms with Crippen LogP contribution in [0.2, 0.25) is 0 Å². The van der Waals surface area contributed by atoms with Crippen LogP contribution in [-0.4, -0.2) is 43.0 Å². The summed E-state index contributed by atoms with van der Waals surface area (Å²) in [5.41, 5.74) is 3.78. The van der Waals surface area contributed by atoms with Crippen LogP contribution in [0, 0.1) is 5.82 Å².